The summed E-state index contributed by atoms with van der Waals surface area (Å²) in [6.07, 6.45) is 0. The van der Waals surface area contributed by atoms with E-state index < -0.39 is 0 Å². The third-order valence-corrected chi connectivity index (χ3v) is 6.32. The topological polar surface area (TPSA) is 45.2 Å². The number of halogens is 2. The first-order valence-corrected chi connectivity index (χ1v) is 10.1. The second-order valence-corrected chi connectivity index (χ2v) is 8.26. The van der Waals surface area contributed by atoms with Gasteiger partial charge in [0.2, 0.25) is 0 Å². The first-order valence-electron chi connectivity index (χ1n) is 8.23. The third kappa shape index (κ3) is 5.60. The van der Waals surface area contributed by atoms with E-state index in [2.05, 4.69) is 29.5 Å². The van der Waals surface area contributed by atoms with Crippen LogP contribution >= 0.6 is 47.9 Å². The van der Waals surface area contributed by atoms with Crippen molar-refractivity contribution >= 4 is 53.8 Å². The lowest BCUT2D eigenvalue weighted by Gasteiger charge is -2.38. The lowest BCUT2D eigenvalue weighted by molar-refractivity contribution is 0.0603. The molecule has 144 valence electrons. The highest BCUT2D eigenvalue weighted by Crippen LogP contribution is 2.24. The fraction of sp³-hybridized carbons (Fsp3) is 0.444. The van der Waals surface area contributed by atoms with Gasteiger partial charge in [-0.25, -0.2) is 4.98 Å². The van der Waals surface area contributed by atoms with E-state index >= 15 is 0 Å². The summed E-state index contributed by atoms with van der Waals surface area (Å²) in [5, 5.41) is 6.62. The van der Waals surface area contributed by atoms with E-state index in [-0.39, 0.29) is 36.8 Å². The molecule has 8 heteroatoms. The van der Waals surface area contributed by atoms with Gasteiger partial charge in [0, 0.05) is 46.8 Å². The van der Waals surface area contributed by atoms with E-state index in [4.69, 9.17) is 0 Å². The minimum atomic E-state index is 0. The van der Waals surface area contributed by atoms with Gasteiger partial charge in [0.1, 0.15) is 0 Å². The number of nitrogens with one attached hydrogen (secondary N) is 1. The number of benzene rings is 1. The normalized spacial score (nSPS) is 19.4. The van der Waals surface area contributed by atoms with Gasteiger partial charge in [-0.3, -0.25) is 4.79 Å². The number of hydrogen-bond donors (Lipinski definition) is 1. The van der Waals surface area contributed by atoms with E-state index in [1.165, 1.54) is 4.90 Å². The Bertz CT molecular complexity index is 709. The number of amides is 1. The Balaban J connectivity index is 0.00000169. The number of rotatable bonds is 4. The van der Waals surface area contributed by atoms with Gasteiger partial charge in [-0.05, 0) is 45.0 Å². The van der Waals surface area contributed by atoms with Crippen molar-refractivity contribution in [3.05, 3.63) is 45.9 Å². The molecular formula is C18H25Cl2N3OS2. The van der Waals surface area contributed by atoms with Crippen molar-refractivity contribution in [2.75, 3.05) is 13.1 Å². The smallest absolute Gasteiger partial charge is 0.254 e. The summed E-state index contributed by atoms with van der Waals surface area (Å²) in [5.41, 5.74) is 1.89. The third-order valence-electron chi connectivity index (χ3n) is 4.45. The van der Waals surface area contributed by atoms with E-state index in [1.807, 2.05) is 36.1 Å². The van der Waals surface area contributed by atoms with E-state index in [9.17, 15) is 4.79 Å². The van der Waals surface area contributed by atoms with Crippen LogP contribution in [0.2, 0.25) is 0 Å². The minimum Gasteiger partial charge on any atom is -0.333 e. The van der Waals surface area contributed by atoms with Crippen LogP contribution in [0, 0.1) is 6.92 Å². The average molecular weight is 434 g/mol. The first kappa shape index (κ1) is 23.2. The van der Waals surface area contributed by atoms with Crippen LogP contribution in [-0.2, 0) is 5.75 Å². The Morgan fingerprint density at radius 2 is 2.00 bits per heavy atom. The van der Waals surface area contributed by atoms with Gasteiger partial charge in [-0.15, -0.1) is 47.9 Å². The number of thiazole rings is 1. The molecule has 2 unspecified atom stereocenters. The van der Waals surface area contributed by atoms with Crippen LogP contribution in [0.15, 0.2) is 34.5 Å². The summed E-state index contributed by atoms with van der Waals surface area (Å²) in [7, 11) is 0. The van der Waals surface area contributed by atoms with Gasteiger partial charge in [0.05, 0.1) is 10.7 Å². The SMILES string of the molecule is Cc1nc(CSc2ccc(C(=O)N3CCNC(C)C3C)cc2)cs1.Cl.Cl. The van der Waals surface area contributed by atoms with E-state index in [0.717, 1.165) is 35.1 Å². The number of nitrogens with zero attached hydrogens (tertiary/aromatic N) is 2. The monoisotopic (exact) mass is 433 g/mol. The number of carbonyl (C=O) groups excluding carboxylic acids is 1. The van der Waals surface area contributed by atoms with Crippen LogP contribution in [0.4, 0.5) is 0 Å². The quantitative estimate of drug-likeness (QED) is 0.725. The number of carbonyl (C=O) groups is 1. The molecule has 1 N–H and O–H groups in total. The summed E-state index contributed by atoms with van der Waals surface area (Å²) in [6.45, 7) is 7.89. The highest BCUT2D eigenvalue weighted by Gasteiger charge is 2.28. The standard InChI is InChI=1S/C18H23N3OS2.2ClH/c1-12-13(2)21(9-8-19-12)18(22)15-4-6-17(7-5-15)24-11-16-10-23-14(3)20-16;;/h4-7,10,12-13,19H,8-9,11H2,1-3H3;2*1H. The zero-order valence-electron chi connectivity index (χ0n) is 15.1. The van der Waals surface area contributed by atoms with Crippen molar-refractivity contribution in [1.29, 1.82) is 0 Å². The lowest BCUT2D eigenvalue weighted by Crippen LogP contribution is -2.57. The second kappa shape index (κ2) is 10.5. The van der Waals surface area contributed by atoms with Crippen molar-refractivity contribution in [2.24, 2.45) is 0 Å². The molecular weight excluding hydrogens is 409 g/mol. The zero-order valence-corrected chi connectivity index (χ0v) is 18.4. The molecule has 0 spiro atoms. The van der Waals surface area contributed by atoms with Crippen molar-refractivity contribution in [3.8, 4) is 0 Å². The maximum absolute atomic E-state index is 12.7. The molecule has 1 amide bonds. The maximum Gasteiger partial charge on any atom is 0.254 e. The molecule has 1 saturated heterocycles. The van der Waals surface area contributed by atoms with Gasteiger partial charge in [-0.1, -0.05) is 0 Å². The van der Waals surface area contributed by atoms with Crippen molar-refractivity contribution in [1.82, 2.24) is 15.2 Å². The minimum absolute atomic E-state index is 0. The summed E-state index contributed by atoms with van der Waals surface area (Å²) < 4.78 is 0. The second-order valence-electron chi connectivity index (χ2n) is 6.15. The average Bonchev–Trinajstić information content (AvgIpc) is 3.01. The summed E-state index contributed by atoms with van der Waals surface area (Å²) in [4.78, 5) is 20.4. The molecule has 2 heterocycles. The lowest BCUT2D eigenvalue weighted by atomic mass is 10.1. The predicted octanol–water partition coefficient (Wildman–Crippen LogP) is 4.41. The number of thioether (sulfide) groups is 1. The number of aryl methyl sites for hydroxylation is 1. The van der Waals surface area contributed by atoms with Crippen molar-refractivity contribution in [3.63, 3.8) is 0 Å². The fourth-order valence-corrected chi connectivity index (χ4v) is 4.34. The van der Waals surface area contributed by atoms with Gasteiger partial charge in [-0.2, -0.15) is 0 Å². The molecule has 2 aromatic rings. The summed E-state index contributed by atoms with van der Waals surface area (Å²) in [5.74, 6) is 0.992. The number of aromatic nitrogens is 1. The molecule has 4 nitrogen and oxygen atoms in total. The highest BCUT2D eigenvalue weighted by molar-refractivity contribution is 7.98. The number of hydrogen-bond acceptors (Lipinski definition) is 5. The van der Waals surface area contributed by atoms with Crippen LogP contribution in [0.5, 0.6) is 0 Å². The van der Waals surface area contributed by atoms with Crippen LogP contribution < -0.4 is 5.32 Å². The Morgan fingerprint density at radius 3 is 2.62 bits per heavy atom. The molecule has 0 bridgehead atoms. The molecule has 1 aromatic carbocycles. The molecule has 1 aliphatic heterocycles. The fourth-order valence-electron chi connectivity index (χ4n) is 2.83. The molecule has 1 fully saturated rings. The summed E-state index contributed by atoms with van der Waals surface area (Å²) in [6, 6.07) is 8.50. The van der Waals surface area contributed by atoms with Crippen molar-refractivity contribution in [2.45, 2.75) is 43.5 Å². The highest BCUT2D eigenvalue weighted by atomic mass is 35.5. The van der Waals surface area contributed by atoms with E-state index in [1.54, 1.807) is 23.1 Å². The molecule has 3 rings (SSSR count). The van der Waals surface area contributed by atoms with Gasteiger partial charge in [0.15, 0.2) is 0 Å². The van der Waals surface area contributed by atoms with Crippen LogP contribution in [-0.4, -0.2) is 41.0 Å². The molecule has 26 heavy (non-hydrogen) atoms. The zero-order chi connectivity index (χ0) is 17.1. The largest absolute Gasteiger partial charge is 0.333 e. The Labute approximate surface area is 176 Å². The first-order chi connectivity index (χ1) is 11.5. The van der Waals surface area contributed by atoms with Crippen LogP contribution in [0.25, 0.3) is 0 Å². The molecule has 0 radical (unpaired) electrons. The van der Waals surface area contributed by atoms with Gasteiger partial charge < -0.3 is 10.2 Å². The molecule has 0 aliphatic carbocycles. The molecule has 1 aromatic heterocycles. The van der Waals surface area contributed by atoms with Crippen LogP contribution in [0.1, 0.15) is 34.9 Å². The molecule has 1 aliphatic rings. The summed E-state index contributed by atoms with van der Waals surface area (Å²) >= 11 is 3.44. The Kier molecular flexibility index (Phi) is 9.41. The Hall–Kier alpha value is -0.790. The van der Waals surface area contributed by atoms with Gasteiger partial charge in [0.25, 0.3) is 5.91 Å². The van der Waals surface area contributed by atoms with Crippen LogP contribution in [0.3, 0.4) is 0 Å². The number of piperazine rings is 1. The van der Waals surface area contributed by atoms with Crippen molar-refractivity contribution < 1.29 is 4.79 Å². The Morgan fingerprint density at radius 1 is 1.31 bits per heavy atom. The molecule has 0 saturated carbocycles. The maximum atomic E-state index is 12.7. The predicted molar refractivity (Wildman–Crippen MR) is 115 cm³/mol. The van der Waals surface area contributed by atoms with E-state index in [0.29, 0.717) is 6.04 Å². The van der Waals surface area contributed by atoms with Gasteiger partial charge >= 0.3 is 0 Å². The molecule has 2 atom stereocenters.